The van der Waals surface area contributed by atoms with E-state index in [1.807, 2.05) is 19.3 Å². The Morgan fingerprint density at radius 3 is 2.68 bits per heavy atom. The molecular weight excluding hydrogens is 244 g/mol. The van der Waals surface area contributed by atoms with Crippen LogP contribution in [0.1, 0.15) is 23.0 Å². The molecule has 100 valence electrons. The summed E-state index contributed by atoms with van der Waals surface area (Å²) in [5.74, 6) is 1.14. The van der Waals surface area contributed by atoms with Crippen LogP contribution in [-0.2, 0) is 13.7 Å². The lowest BCUT2D eigenvalue weighted by molar-refractivity contribution is 0.101. The lowest BCUT2D eigenvalue weighted by Gasteiger charge is -2.10. The number of rotatable bonds is 5. The number of carbonyl (C=O) groups excluding carboxylic acids is 1. The van der Waals surface area contributed by atoms with Crippen molar-refractivity contribution in [1.29, 1.82) is 0 Å². The van der Waals surface area contributed by atoms with Gasteiger partial charge in [-0.3, -0.25) is 9.48 Å². The summed E-state index contributed by atoms with van der Waals surface area (Å²) >= 11 is 0. The van der Waals surface area contributed by atoms with Crippen LogP contribution in [0, 0.1) is 0 Å². The Bertz CT molecular complexity index is 590. The van der Waals surface area contributed by atoms with E-state index in [2.05, 4.69) is 5.10 Å². The third-order valence-corrected chi connectivity index (χ3v) is 2.71. The van der Waals surface area contributed by atoms with E-state index in [-0.39, 0.29) is 5.78 Å². The molecule has 0 aliphatic heterocycles. The third kappa shape index (κ3) is 3.13. The van der Waals surface area contributed by atoms with E-state index in [1.165, 1.54) is 6.92 Å². The van der Waals surface area contributed by atoms with Gasteiger partial charge in [0.1, 0.15) is 6.61 Å². The first-order valence-electron chi connectivity index (χ1n) is 5.90. The maximum Gasteiger partial charge on any atom is 0.161 e. The number of carbonyl (C=O) groups is 1. The van der Waals surface area contributed by atoms with Gasteiger partial charge < -0.3 is 9.47 Å². The van der Waals surface area contributed by atoms with Gasteiger partial charge in [0.25, 0.3) is 0 Å². The van der Waals surface area contributed by atoms with Crippen molar-refractivity contribution in [2.24, 2.45) is 7.05 Å². The molecular formula is C14H16N2O3. The van der Waals surface area contributed by atoms with Crippen molar-refractivity contribution in [3.8, 4) is 11.5 Å². The van der Waals surface area contributed by atoms with Crippen molar-refractivity contribution in [3.63, 3.8) is 0 Å². The molecule has 0 unspecified atom stereocenters. The Labute approximate surface area is 111 Å². The number of nitrogens with zero attached hydrogens (tertiary/aromatic N) is 2. The van der Waals surface area contributed by atoms with Crippen LogP contribution < -0.4 is 9.47 Å². The van der Waals surface area contributed by atoms with Gasteiger partial charge in [-0.15, -0.1) is 0 Å². The minimum absolute atomic E-state index is 0.00502. The van der Waals surface area contributed by atoms with Gasteiger partial charge in [-0.1, -0.05) is 0 Å². The molecule has 0 bridgehead atoms. The molecule has 5 nitrogen and oxygen atoms in total. The van der Waals surface area contributed by atoms with Gasteiger partial charge in [-0.25, -0.2) is 0 Å². The van der Waals surface area contributed by atoms with Gasteiger partial charge in [0.05, 0.1) is 12.8 Å². The van der Waals surface area contributed by atoms with E-state index in [0.29, 0.717) is 23.7 Å². The van der Waals surface area contributed by atoms with Gasteiger partial charge in [0.2, 0.25) is 0 Å². The van der Waals surface area contributed by atoms with Crippen molar-refractivity contribution in [1.82, 2.24) is 9.78 Å². The Kier molecular flexibility index (Phi) is 3.85. The van der Waals surface area contributed by atoms with Crippen LogP contribution in [0.15, 0.2) is 30.5 Å². The smallest absolute Gasteiger partial charge is 0.161 e. The van der Waals surface area contributed by atoms with E-state index in [0.717, 1.165) is 5.69 Å². The molecule has 0 aliphatic carbocycles. The molecule has 0 saturated heterocycles. The summed E-state index contributed by atoms with van der Waals surface area (Å²) in [6, 6.07) is 7.02. The van der Waals surface area contributed by atoms with E-state index in [9.17, 15) is 4.79 Å². The minimum Gasteiger partial charge on any atom is -0.493 e. The first kappa shape index (κ1) is 13.1. The van der Waals surface area contributed by atoms with E-state index >= 15 is 0 Å². The molecule has 1 heterocycles. The summed E-state index contributed by atoms with van der Waals surface area (Å²) in [6.07, 6.45) is 1.86. The number of Topliss-reactive ketones (excluding diaryl/α,β-unsaturated/α-hetero) is 1. The number of ketones is 1. The molecule has 0 fully saturated rings. The number of aryl methyl sites for hydroxylation is 1. The molecule has 0 aliphatic rings. The summed E-state index contributed by atoms with van der Waals surface area (Å²) < 4.78 is 12.6. The Morgan fingerprint density at radius 2 is 2.11 bits per heavy atom. The van der Waals surface area contributed by atoms with Crippen LogP contribution in [0.25, 0.3) is 0 Å². The largest absolute Gasteiger partial charge is 0.493 e. The maximum absolute atomic E-state index is 11.3. The van der Waals surface area contributed by atoms with Gasteiger partial charge >= 0.3 is 0 Å². The highest BCUT2D eigenvalue weighted by molar-refractivity contribution is 5.94. The average molecular weight is 260 g/mol. The lowest BCUT2D eigenvalue weighted by atomic mass is 10.1. The van der Waals surface area contributed by atoms with Gasteiger partial charge in [-0.2, -0.15) is 5.10 Å². The van der Waals surface area contributed by atoms with Crippen LogP contribution in [0.4, 0.5) is 0 Å². The highest BCUT2D eigenvalue weighted by Gasteiger charge is 2.09. The van der Waals surface area contributed by atoms with Crippen LogP contribution in [-0.4, -0.2) is 22.7 Å². The fraction of sp³-hybridized carbons (Fsp3) is 0.286. The van der Waals surface area contributed by atoms with Gasteiger partial charge in [-0.05, 0) is 31.2 Å². The maximum atomic E-state index is 11.3. The minimum atomic E-state index is -0.00502. The van der Waals surface area contributed by atoms with Crippen molar-refractivity contribution in [2.45, 2.75) is 13.5 Å². The number of hydrogen-bond donors (Lipinski definition) is 0. The summed E-state index contributed by atoms with van der Waals surface area (Å²) in [7, 11) is 3.40. The zero-order chi connectivity index (χ0) is 13.8. The molecule has 0 saturated carbocycles. The zero-order valence-electron chi connectivity index (χ0n) is 11.2. The van der Waals surface area contributed by atoms with Crippen LogP contribution in [0.3, 0.4) is 0 Å². The van der Waals surface area contributed by atoms with Crippen molar-refractivity contribution >= 4 is 5.78 Å². The normalized spacial score (nSPS) is 10.3. The fourth-order valence-electron chi connectivity index (χ4n) is 1.70. The van der Waals surface area contributed by atoms with Crippen molar-refractivity contribution < 1.29 is 14.3 Å². The fourth-order valence-corrected chi connectivity index (χ4v) is 1.70. The molecule has 0 amide bonds. The molecule has 19 heavy (non-hydrogen) atoms. The second-order valence-electron chi connectivity index (χ2n) is 4.19. The van der Waals surface area contributed by atoms with Crippen LogP contribution in [0.2, 0.25) is 0 Å². The number of methoxy groups -OCH3 is 1. The Hall–Kier alpha value is -2.30. The molecule has 0 spiro atoms. The van der Waals surface area contributed by atoms with E-state index in [1.54, 1.807) is 30.0 Å². The van der Waals surface area contributed by atoms with Crippen molar-refractivity contribution in [3.05, 3.63) is 41.7 Å². The monoisotopic (exact) mass is 260 g/mol. The van der Waals surface area contributed by atoms with E-state index in [4.69, 9.17) is 9.47 Å². The van der Waals surface area contributed by atoms with Gasteiger partial charge in [0, 0.05) is 18.8 Å². The van der Waals surface area contributed by atoms with Crippen LogP contribution >= 0.6 is 0 Å². The molecule has 0 atom stereocenters. The number of aromatic nitrogens is 2. The Balaban J connectivity index is 2.13. The number of hydrogen-bond acceptors (Lipinski definition) is 4. The molecule has 1 aromatic heterocycles. The topological polar surface area (TPSA) is 53.4 Å². The highest BCUT2D eigenvalue weighted by Crippen LogP contribution is 2.28. The Morgan fingerprint density at radius 1 is 1.32 bits per heavy atom. The average Bonchev–Trinajstić information content (AvgIpc) is 2.81. The highest BCUT2D eigenvalue weighted by atomic mass is 16.5. The molecule has 1 aromatic carbocycles. The predicted molar refractivity (Wildman–Crippen MR) is 70.5 cm³/mol. The molecule has 0 radical (unpaired) electrons. The summed E-state index contributed by atoms with van der Waals surface area (Å²) in [5.41, 5.74) is 1.43. The van der Waals surface area contributed by atoms with Crippen molar-refractivity contribution in [2.75, 3.05) is 7.11 Å². The van der Waals surface area contributed by atoms with Crippen LogP contribution in [0.5, 0.6) is 11.5 Å². The quantitative estimate of drug-likeness (QED) is 0.773. The SMILES string of the molecule is COc1cc(C(C)=O)ccc1OCc1ccn(C)n1. The third-order valence-electron chi connectivity index (χ3n) is 2.71. The molecule has 5 heteroatoms. The standard InChI is InChI=1S/C14H16N2O3/c1-10(17)11-4-5-13(14(8-11)18-3)19-9-12-6-7-16(2)15-12/h4-8H,9H2,1-3H3. The first-order valence-corrected chi connectivity index (χ1v) is 5.90. The first-order chi connectivity index (χ1) is 9.10. The van der Waals surface area contributed by atoms with Gasteiger partial charge in [0.15, 0.2) is 17.3 Å². The second kappa shape index (κ2) is 5.56. The lowest BCUT2D eigenvalue weighted by Crippen LogP contribution is -2.01. The van der Waals surface area contributed by atoms with E-state index < -0.39 is 0 Å². The predicted octanol–water partition coefficient (Wildman–Crippen LogP) is 2.21. The molecule has 2 aromatic rings. The summed E-state index contributed by atoms with van der Waals surface area (Å²) in [6.45, 7) is 1.87. The number of benzene rings is 1. The summed E-state index contributed by atoms with van der Waals surface area (Å²) in [4.78, 5) is 11.3. The molecule has 2 rings (SSSR count). The summed E-state index contributed by atoms with van der Waals surface area (Å²) in [5, 5.41) is 4.22. The zero-order valence-corrected chi connectivity index (χ0v) is 11.2. The molecule has 0 N–H and O–H groups in total. The second-order valence-corrected chi connectivity index (χ2v) is 4.19. The number of ether oxygens (including phenoxy) is 2.